The molecular weight excluding hydrogens is 223 g/mol. The molecule has 1 aliphatic rings. The molecule has 1 heterocycles. The van der Waals surface area contributed by atoms with Gasteiger partial charge >= 0.3 is 0 Å². The number of nitrogens with one attached hydrogen (secondary N) is 1. The molecule has 1 N–H and O–H groups in total. The van der Waals surface area contributed by atoms with Crippen LogP contribution < -0.4 is 5.32 Å². The fraction of sp³-hybridized carbons (Fsp3) is 0.625. The highest BCUT2D eigenvalue weighted by Gasteiger charge is 2.32. The van der Waals surface area contributed by atoms with Crippen molar-refractivity contribution in [1.29, 1.82) is 0 Å². The topological polar surface area (TPSA) is 50.7 Å². The highest BCUT2D eigenvalue weighted by molar-refractivity contribution is 6.31. The minimum atomic E-state index is 0.122. The van der Waals surface area contributed by atoms with Gasteiger partial charge in [0.2, 0.25) is 16.5 Å². The maximum absolute atomic E-state index is 5.62. The highest BCUT2D eigenvalue weighted by atomic mass is 35.5. The molecule has 0 saturated heterocycles. The van der Waals surface area contributed by atoms with Gasteiger partial charge in [0.25, 0.3) is 0 Å². The summed E-state index contributed by atoms with van der Waals surface area (Å²) in [5, 5.41) is 3.33. The Labute approximate surface area is 92.1 Å². The predicted molar refractivity (Wildman–Crippen MR) is 55.6 cm³/mol. The van der Waals surface area contributed by atoms with E-state index in [1.165, 1.54) is 6.42 Å². The van der Waals surface area contributed by atoms with Crippen LogP contribution in [-0.4, -0.2) is 21.5 Å². The summed E-state index contributed by atoms with van der Waals surface area (Å²) in [4.78, 5) is 11.5. The standard InChI is InChI=1S/C8H10Cl2N4/c1-4-2-5(4)3-11-8-13-6(9)12-7(10)14-8/h4-5H,2-3H2,1H3,(H,11,12,13,14). The third-order valence-electron chi connectivity index (χ3n) is 2.38. The number of rotatable bonds is 3. The molecule has 14 heavy (non-hydrogen) atoms. The smallest absolute Gasteiger partial charge is 0.228 e. The van der Waals surface area contributed by atoms with Crippen LogP contribution in [0.5, 0.6) is 0 Å². The molecule has 2 unspecified atom stereocenters. The van der Waals surface area contributed by atoms with Crippen molar-refractivity contribution in [2.45, 2.75) is 13.3 Å². The summed E-state index contributed by atoms with van der Waals surface area (Å²) in [6.07, 6.45) is 1.26. The van der Waals surface area contributed by atoms with E-state index in [9.17, 15) is 0 Å². The molecule has 0 amide bonds. The highest BCUT2D eigenvalue weighted by Crippen LogP contribution is 2.37. The van der Waals surface area contributed by atoms with Crippen LogP contribution in [0.4, 0.5) is 5.95 Å². The SMILES string of the molecule is CC1CC1CNc1nc(Cl)nc(Cl)n1. The summed E-state index contributed by atoms with van der Waals surface area (Å²) >= 11 is 11.2. The zero-order valence-corrected chi connectivity index (χ0v) is 9.18. The lowest BCUT2D eigenvalue weighted by Gasteiger charge is -2.03. The summed E-state index contributed by atoms with van der Waals surface area (Å²) in [5.74, 6) is 1.98. The summed E-state index contributed by atoms with van der Waals surface area (Å²) in [7, 11) is 0. The van der Waals surface area contributed by atoms with Gasteiger partial charge in [-0.3, -0.25) is 0 Å². The number of hydrogen-bond donors (Lipinski definition) is 1. The van der Waals surface area contributed by atoms with Crippen molar-refractivity contribution in [3.05, 3.63) is 10.6 Å². The average molecular weight is 233 g/mol. The van der Waals surface area contributed by atoms with Crippen LogP contribution >= 0.6 is 23.2 Å². The third kappa shape index (κ3) is 2.45. The molecule has 1 aliphatic carbocycles. The van der Waals surface area contributed by atoms with Gasteiger partial charge in [0.05, 0.1) is 0 Å². The molecule has 1 saturated carbocycles. The molecule has 1 aromatic heterocycles. The minimum Gasteiger partial charge on any atom is -0.354 e. The van der Waals surface area contributed by atoms with Crippen molar-refractivity contribution in [3.8, 4) is 0 Å². The van der Waals surface area contributed by atoms with Crippen LogP contribution in [0, 0.1) is 11.8 Å². The number of nitrogens with zero attached hydrogens (tertiary/aromatic N) is 3. The van der Waals surface area contributed by atoms with Crippen molar-refractivity contribution in [3.63, 3.8) is 0 Å². The van der Waals surface area contributed by atoms with Crippen molar-refractivity contribution in [1.82, 2.24) is 15.0 Å². The van der Waals surface area contributed by atoms with Crippen LogP contribution in [0.2, 0.25) is 10.6 Å². The summed E-state index contributed by atoms with van der Waals surface area (Å²) in [6, 6.07) is 0. The van der Waals surface area contributed by atoms with Crippen molar-refractivity contribution in [2.75, 3.05) is 11.9 Å². The lowest BCUT2D eigenvalue weighted by atomic mass is 10.3. The molecule has 1 fully saturated rings. The lowest BCUT2D eigenvalue weighted by Crippen LogP contribution is -2.08. The third-order valence-corrected chi connectivity index (χ3v) is 2.72. The molecule has 0 radical (unpaired) electrons. The van der Waals surface area contributed by atoms with Gasteiger partial charge in [-0.2, -0.15) is 15.0 Å². The molecule has 2 rings (SSSR count). The second kappa shape index (κ2) is 3.87. The first-order chi connectivity index (χ1) is 6.65. The maximum atomic E-state index is 5.62. The normalized spacial score (nSPS) is 24.8. The van der Waals surface area contributed by atoms with Gasteiger partial charge in [-0.15, -0.1) is 0 Å². The Kier molecular flexibility index (Phi) is 2.74. The fourth-order valence-corrected chi connectivity index (χ4v) is 1.67. The molecule has 0 bridgehead atoms. The lowest BCUT2D eigenvalue weighted by molar-refractivity contribution is 0.779. The Balaban J connectivity index is 1.95. The largest absolute Gasteiger partial charge is 0.354 e. The van der Waals surface area contributed by atoms with Crippen LogP contribution in [0.1, 0.15) is 13.3 Å². The Hall–Kier alpha value is -0.610. The number of halogens is 2. The van der Waals surface area contributed by atoms with E-state index in [0.717, 1.165) is 18.4 Å². The minimum absolute atomic E-state index is 0.122. The average Bonchev–Trinajstić information content (AvgIpc) is 2.77. The monoisotopic (exact) mass is 232 g/mol. The Morgan fingerprint density at radius 1 is 1.29 bits per heavy atom. The maximum Gasteiger partial charge on any atom is 0.228 e. The van der Waals surface area contributed by atoms with Gasteiger partial charge < -0.3 is 5.32 Å². The van der Waals surface area contributed by atoms with Gasteiger partial charge in [-0.1, -0.05) is 6.92 Å². The van der Waals surface area contributed by atoms with E-state index < -0.39 is 0 Å². The van der Waals surface area contributed by atoms with Gasteiger partial charge in [-0.05, 0) is 41.5 Å². The van der Waals surface area contributed by atoms with Crippen molar-refractivity contribution < 1.29 is 0 Å². The number of anilines is 1. The Morgan fingerprint density at radius 2 is 1.86 bits per heavy atom. The first-order valence-corrected chi connectivity index (χ1v) is 5.21. The predicted octanol–water partition coefficient (Wildman–Crippen LogP) is 2.25. The molecule has 2 atom stereocenters. The van der Waals surface area contributed by atoms with E-state index in [2.05, 4.69) is 27.2 Å². The van der Waals surface area contributed by atoms with Gasteiger partial charge in [-0.25, -0.2) is 0 Å². The van der Waals surface area contributed by atoms with Crippen molar-refractivity contribution >= 4 is 29.2 Å². The molecule has 0 aliphatic heterocycles. The van der Waals surface area contributed by atoms with Crippen molar-refractivity contribution in [2.24, 2.45) is 11.8 Å². The Morgan fingerprint density at radius 3 is 2.36 bits per heavy atom. The molecule has 4 nitrogen and oxygen atoms in total. The van der Waals surface area contributed by atoms with E-state index in [1.54, 1.807) is 0 Å². The Bertz CT molecular complexity index is 324. The van der Waals surface area contributed by atoms with Crippen LogP contribution in [0.25, 0.3) is 0 Å². The number of hydrogen-bond acceptors (Lipinski definition) is 4. The van der Waals surface area contributed by atoms with E-state index in [0.29, 0.717) is 5.95 Å². The molecule has 0 spiro atoms. The van der Waals surface area contributed by atoms with Gasteiger partial charge in [0, 0.05) is 6.54 Å². The summed E-state index contributed by atoms with van der Waals surface area (Å²) in [5.41, 5.74) is 0. The first-order valence-electron chi connectivity index (χ1n) is 4.46. The second-order valence-corrected chi connectivity index (χ2v) is 4.23. The molecule has 0 aromatic carbocycles. The zero-order chi connectivity index (χ0) is 10.1. The number of aromatic nitrogens is 3. The molecular formula is C8H10Cl2N4. The van der Waals surface area contributed by atoms with E-state index >= 15 is 0 Å². The second-order valence-electron chi connectivity index (χ2n) is 3.55. The zero-order valence-electron chi connectivity index (χ0n) is 7.67. The molecule has 76 valence electrons. The van der Waals surface area contributed by atoms with Gasteiger partial charge in [0.1, 0.15) is 0 Å². The van der Waals surface area contributed by atoms with E-state index in [4.69, 9.17) is 23.2 Å². The van der Waals surface area contributed by atoms with Crippen LogP contribution in [-0.2, 0) is 0 Å². The van der Waals surface area contributed by atoms with E-state index in [-0.39, 0.29) is 10.6 Å². The van der Waals surface area contributed by atoms with Crippen LogP contribution in [0.3, 0.4) is 0 Å². The molecule has 1 aromatic rings. The van der Waals surface area contributed by atoms with Gasteiger partial charge in [0.15, 0.2) is 0 Å². The van der Waals surface area contributed by atoms with E-state index in [1.807, 2.05) is 0 Å². The molecule has 6 heteroatoms. The quantitative estimate of drug-likeness (QED) is 0.869. The first kappa shape index (κ1) is 9.93. The fourth-order valence-electron chi connectivity index (χ4n) is 1.31. The van der Waals surface area contributed by atoms with Crippen LogP contribution in [0.15, 0.2) is 0 Å². The summed E-state index contributed by atoms with van der Waals surface area (Å²) < 4.78 is 0. The summed E-state index contributed by atoms with van der Waals surface area (Å²) in [6.45, 7) is 3.09.